The number of hydrogen-bond acceptors (Lipinski definition) is 4. The fraction of sp³-hybridized carbons (Fsp3) is 0.278. The Bertz CT molecular complexity index is 772. The van der Waals surface area contributed by atoms with Gasteiger partial charge in [-0.05, 0) is 36.4 Å². The molecular formula is C18H19FN2O3S. The Labute approximate surface area is 150 Å². The first-order chi connectivity index (χ1) is 12.1. The van der Waals surface area contributed by atoms with Crippen molar-refractivity contribution in [1.82, 2.24) is 4.90 Å². The summed E-state index contributed by atoms with van der Waals surface area (Å²) in [5.74, 6) is 1.82. The van der Waals surface area contributed by atoms with Crippen molar-refractivity contribution in [2.75, 3.05) is 31.8 Å². The highest BCUT2D eigenvalue weighted by Crippen LogP contribution is 2.43. The molecule has 0 aromatic heterocycles. The van der Waals surface area contributed by atoms with Crippen LogP contribution in [0.1, 0.15) is 10.9 Å². The van der Waals surface area contributed by atoms with Crippen molar-refractivity contribution in [2.45, 2.75) is 5.37 Å². The SMILES string of the molecule is COc1ccc(OC)c(C2SCCN2C(=O)Nc2cccc(F)c2)c1. The molecule has 0 aliphatic carbocycles. The van der Waals surface area contributed by atoms with Crippen LogP contribution >= 0.6 is 11.8 Å². The number of benzene rings is 2. The van der Waals surface area contributed by atoms with Crippen LogP contribution in [0.3, 0.4) is 0 Å². The summed E-state index contributed by atoms with van der Waals surface area (Å²) in [5.41, 5.74) is 1.30. The van der Waals surface area contributed by atoms with Gasteiger partial charge in [-0.15, -0.1) is 11.8 Å². The van der Waals surface area contributed by atoms with Crippen LogP contribution < -0.4 is 14.8 Å². The number of hydrogen-bond donors (Lipinski definition) is 1. The number of rotatable bonds is 4. The summed E-state index contributed by atoms with van der Waals surface area (Å²) in [6, 6.07) is 11.1. The molecule has 0 bridgehead atoms. The highest BCUT2D eigenvalue weighted by atomic mass is 32.2. The first kappa shape index (κ1) is 17.4. The zero-order valence-corrected chi connectivity index (χ0v) is 14.8. The Morgan fingerprint density at radius 3 is 2.80 bits per heavy atom. The van der Waals surface area contributed by atoms with Gasteiger partial charge in [0.2, 0.25) is 0 Å². The number of carbonyl (C=O) groups is 1. The first-order valence-electron chi connectivity index (χ1n) is 7.79. The number of amides is 2. The van der Waals surface area contributed by atoms with Crippen molar-refractivity contribution >= 4 is 23.5 Å². The number of nitrogens with zero attached hydrogens (tertiary/aromatic N) is 1. The largest absolute Gasteiger partial charge is 0.497 e. The molecule has 2 aromatic rings. The van der Waals surface area contributed by atoms with Gasteiger partial charge in [0.25, 0.3) is 0 Å². The van der Waals surface area contributed by atoms with E-state index in [0.29, 0.717) is 23.7 Å². The second-order valence-electron chi connectivity index (χ2n) is 5.46. The predicted octanol–water partition coefficient (Wildman–Crippen LogP) is 4.12. The third-order valence-corrected chi connectivity index (χ3v) is 5.17. The molecule has 5 nitrogen and oxygen atoms in total. The molecule has 1 aliphatic heterocycles. The minimum absolute atomic E-state index is 0.196. The standard InChI is InChI=1S/C18H19FN2O3S/c1-23-14-6-7-16(24-2)15(11-14)17-21(8-9-25-17)18(22)20-13-5-3-4-12(19)10-13/h3-7,10-11,17H,8-9H2,1-2H3,(H,20,22). The molecule has 1 unspecified atom stereocenters. The van der Waals surface area contributed by atoms with Gasteiger partial charge < -0.3 is 19.7 Å². The molecule has 1 aliphatic rings. The molecule has 7 heteroatoms. The third-order valence-electron chi connectivity index (χ3n) is 3.93. The topological polar surface area (TPSA) is 50.8 Å². The summed E-state index contributed by atoms with van der Waals surface area (Å²) in [6.07, 6.45) is 0. The fourth-order valence-electron chi connectivity index (χ4n) is 2.73. The maximum atomic E-state index is 13.3. The number of urea groups is 1. The smallest absolute Gasteiger partial charge is 0.323 e. The molecule has 3 rings (SSSR count). The molecule has 1 atom stereocenters. The minimum atomic E-state index is -0.389. The lowest BCUT2D eigenvalue weighted by Crippen LogP contribution is -2.34. The summed E-state index contributed by atoms with van der Waals surface area (Å²) in [5, 5.41) is 2.56. The zero-order valence-electron chi connectivity index (χ0n) is 14.0. The summed E-state index contributed by atoms with van der Waals surface area (Å²) < 4.78 is 24.1. The highest BCUT2D eigenvalue weighted by Gasteiger charge is 2.33. The average molecular weight is 362 g/mol. The number of methoxy groups -OCH3 is 2. The number of anilines is 1. The van der Waals surface area contributed by atoms with Crippen LogP contribution in [0.15, 0.2) is 42.5 Å². The Morgan fingerprint density at radius 2 is 2.08 bits per heavy atom. The van der Waals surface area contributed by atoms with Crippen molar-refractivity contribution in [3.8, 4) is 11.5 Å². The van der Waals surface area contributed by atoms with E-state index in [4.69, 9.17) is 9.47 Å². The first-order valence-corrected chi connectivity index (χ1v) is 8.84. The monoisotopic (exact) mass is 362 g/mol. The Hall–Kier alpha value is -2.41. The van der Waals surface area contributed by atoms with E-state index in [0.717, 1.165) is 11.3 Å². The number of ether oxygens (including phenoxy) is 2. The zero-order chi connectivity index (χ0) is 17.8. The van der Waals surface area contributed by atoms with E-state index in [-0.39, 0.29) is 17.2 Å². The Kier molecular flexibility index (Phi) is 5.33. The Morgan fingerprint density at radius 1 is 1.24 bits per heavy atom. The molecule has 2 amide bonds. The van der Waals surface area contributed by atoms with Gasteiger partial charge in [-0.2, -0.15) is 0 Å². The van der Waals surface area contributed by atoms with Gasteiger partial charge >= 0.3 is 6.03 Å². The molecular weight excluding hydrogens is 343 g/mol. The molecule has 1 heterocycles. The lowest BCUT2D eigenvalue weighted by atomic mass is 10.1. The second-order valence-corrected chi connectivity index (χ2v) is 6.65. The van der Waals surface area contributed by atoms with Crippen LogP contribution in [-0.4, -0.2) is 37.4 Å². The number of halogens is 1. The molecule has 1 saturated heterocycles. The highest BCUT2D eigenvalue weighted by molar-refractivity contribution is 7.99. The van der Waals surface area contributed by atoms with Crippen LogP contribution in [0.25, 0.3) is 0 Å². The number of nitrogens with one attached hydrogen (secondary N) is 1. The van der Waals surface area contributed by atoms with Gasteiger partial charge in [0, 0.05) is 23.5 Å². The van der Waals surface area contributed by atoms with Gasteiger partial charge in [-0.1, -0.05) is 6.07 Å². The van der Waals surface area contributed by atoms with Crippen molar-refractivity contribution in [3.63, 3.8) is 0 Å². The van der Waals surface area contributed by atoms with Gasteiger partial charge in [-0.25, -0.2) is 9.18 Å². The van der Waals surface area contributed by atoms with Gasteiger partial charge in [0.15, 0.2) is 0 Å². The van der Waals surface area contributed by atoms with Crippen molar-refractivity contribution in [3.05, 3.63) is 53.8 Å². The van der Waals surface area contributed by atoms with Crippen molar-refractivity contribution in [2.24, 2.45) is 0 Å². The Balaban J connectivity index is 1.84. The van der Waals surface area contributed by atoms with Crippen LogP contribution in [0.5, 0.6) is 11.5 Å². The van der Waals surface area contributed by atoms with E-state index in [1.807, 2.05) is 18.2 Å². The van der Waals surface area contributed by atoms with E-state index in [9.17, 15) is 9.18 Å². The van der Waals surface area contributed by atoms with Gasteiger partial charge in [0.05, 0.1) is 14.2 Å². The quantitative estimate of drug-likeness (QED) is 0.889. The lowest BCUT2D eigenvalue weighted by Gasteiger charge is -2.26. The fourth-order valence-corrected chi connectivity index (χ4v) is 4.00. The number of carbonyl (C=O) groups excluding carboxylic acids is 1. The minimum Gasteiger partial charge on any atom is -0.497 e. The lowest BCUT2D eigenvalue weighted by molar-refractivity contribution is 0.213. The maximum absolute atomic E-state index is 13.3. The predicted molar refractivity (Wildman–Crippen MR) is 96.9 cm³/mol. The van der Waals surface area contributed by atoms with E-state index >= 15 is 0 Å². The average Bonchev–Trinajstić information content (AvgIpc) is 3.11. The van der Waals surface area contributed by atoms with Gasteiger partial charge in [0.1, 0.15) is 22.7 Å². The summed E-state index contributed by atoms with van der Waals surface area (Å²) >= 11 is 1.65. The summed E-state index contributed by atoms with van der Waals surface area (Å²) in [4.78, 5) is 14.4. The third kappa shape index (κ3) is 3.82. The van der Waals surface area contributed by atoms with Crippen molar-refractivity contribution < 1.29 is 18.7 Å². The van der Waals surface area contributed by atoms with Crippen LogP contribution in [0.2, 0.25) is 0 Å². The molecule has 1 fully saturated rings. The molecule has 0 saturated carbocycles. The maximum Gasteiger partial charge on any atom is 0.323 e. The molecule has 0 spiro atoms. The van der Waals surface area contributed by atoms with E-state index < -0.39 is 0 Å². The van der Waals surface area contributed by atoms with Crippen LogP contribution in [0, 0.1) is 5.82 Å². The van der Waals surface area contributed by atoms with Crippen molar-refractivity contribution in [1.29, 1.82) is 0 Å². The molecule has 2 aromatic carbocycles. The summed E-state index contributed by atoms with van der Waals surface area (Å²) in [6.45, 7) is 0.594. The van der Waals surface area contributed by atoms with Gasteiger partial charge in [-0.3, -0.25) is 0 Å². The van der Waals surface area contributed by atoms with Crippen LogP contribution in [-0.2, 0) is 0 Å². The number of thioether (sulfide) groups is 1. The normalized spacial score (nSPS) is 16.6. The van der Waals surface area contributed by atoms with E-state index in [2.05, 4.69) is 5.32 Å². The van der Waals surface area contributed by atoms with E-state index in [1.54, 1.807) is 43.0 Å². The van der Waals surface area contributed by atoms with E-state index in [1.165, 1.54) is 12.1 Å². The summed E-state index contributed by atoms with van der Waals surface area (Å²) in [7, 11) is 3.20. The van der Waals surface area contributed by atoms with Crippen LogP contribution in [0.4, 0.5) is 14.9 Å². The molecule has 0 radical (unpaired) electrons. The second kappa shape index (κ2) is 7.65. The molecule has 25 heavy (non-hydrogen) atoms. The molecule has 1 N–H and O–H groups in total. The molecule has 132 valence electrons.